The van der Waals surface area contributed by atoms with Crippen LogP contribution >= 0.6 is 0 Å². The molecule has 1 saturated heterocycles. The van der Waals surface area contributed by atoms with Gasteiger partial charge in [0.15, 0.2) is 5.65 Å². The number of aryl methyl sites for hydroxylation is 2. The molecule has 3 heterocycles. The van der Waals surface area contributed by atoms with E-state index >= 15 is 0 Å². The van der Waals surface area contributed by atoms with Gasteiger partial charge in [-0.1, -0.05) is 38.5 Å². The fourth-order valence-electron chi connectivity index (χ4n) is 4.02. The Balaban J connectivity index is 1.77. The number of carbonyl (C=O) groups excluding carboxylic acids is 1. The Morgan fingerprint density at radius 1 is 1.03 bits per heavy atom. The van der Waals surface area contributed by atoms with E-state index < -0.39 is 0 Å². The van der Waals surface area contributed by atoms with Crippen molar-refractivity contribution in [1.82, 2.24) is 24.6 Å². The molecule has 7 heteroatoms. The molecule has 158 valence electrons. The van der Waals surface area contributed by atoms with E-state index in [1.54, 1.807) is 0 Å². The highest BCUT2D eigenvalue weighted by Gasteiger charge is 2.25. The monoisotopic (exact) mass is 406 g/mol. The first-order valence-electron chi connectivity index (χ1n) is 11.0. The SMILES string of the molecule is CCCCc1nc(N2CCN(C(=O)CC)CC2)c2c(C)nn(-c3ccccc3)c2n1. The van der Waals surface area contributed by atoms with E-state index in [0.29, 0.717) is 6.42 Å². The summed E-state index contributed by atoms with van der Waals surface area (Å²) < 4.78 is 1.93. The first kappa shape index (κ1) is 20.3. The van der Waals surface area contributed by atoms with Gasteiger partial charge in [0, 0.05) is 39.0 Å². The second-order valence-electron chi connectivity index (χ2n) is 7.82. The molecule has 0 saturated carbocycles. The fourth-order valence-corrected chi connectivity index (χ4v) is 4.02. The molecule has 1 aliphatic rings. The van der Waals surface area contributed by atoms with Crippen LogP contribution in [0.4, 0.5) is 5.82 Å². The summed E-state index contributed by atoms with van der Waals surface area (Å²) in [5.74, 6) is 2.04. The van der Waals surface area contributed by atoms with E-state index in [0.717, 1.165) is 79.5 Å². The lowest BCUT2D eigenvalue weighted by Crippen LogP contribution is -2.49. The second kappa shape index (κ2) is 8.81. The molecule has 1 aliphatic heterocycles. The van der Waals surface area contributed by atoms with Crippen LogP contribution in [0.5, 0.6) is 0 Å². The minimum Gasteiger partial charge on any atom is -0.352 e. The van der Waals surface area contributed by atoms with Crippen LogP contribution in [-0.2, 0) is 11.2 Å². The molecule has 1 aromatic carbocycles. The Morgan fingerprint density at radius 2 is 1.77 bits per heavy atom. The molecule has 4 rings (SSSR count). The predicted molar refractivity (Wildman–Crippen MR) is 119 cm³/mol. The molecule has 0 radical (unpaired) electrons. The van der Waals surface area contributed by atoms with Crippen molar-refractivity contribution in [2.75, 3.05) is 31.1 Å². The van der Waals surface area contributed by atoms with Gasteiger partial charge >= 0.3 is 0 Å². The summed E-state index contributed by atoms with van der Waals surface area (Å²) in [4.78, 5) is 26.2. The van der Waals surface area contributed by atoms with Gasteiger partial charge in [-0.25, -0.2) is 14.6 Å². The molecule has 0 unspecified atom stereocenters. The Labute approximate surface area is 177 Å². The van der Waals surface area contributed by atoms with E-state index in [4.69, 9.17) is 15.1 Å². The molecule has 3 aromatic rings. The standard InChI is InChI=1S/C23H30N6O/c1-4-6-12-19-24-22(28-15-13-27(14-16-28)20(30)5-2)21-17(3)26-29(23(21)25-19)18-10-8-7-9-11-18/h7-11H,4-6,12-16H2,1-3H3. The van der Waals surface area contributed by atoms with Gasteiger partial charge in [-0.15, -0.1) is 0 Å². The van der Waals surface area contributed by atoms with Gasteiger partial charge in [0.1, 0.15) is 11.6 Å². The van der Waals surface area contributed by atoms with Gasteiger partial charge in [0.2, 0.25) is 5.91 Å². The van der Waals surface area contributed by atoms with Crippen molar-refractivity contribution < 1.29 is 4.79 Å². The van der Waals surface area contributed by atoms with Crippen molar-refractivity contribution in [2.24, 2.45) is 0 Å². The summed E-state index contributed by atoms with van der Waals surface area (Å²) in [6, 6.07) is 10.1. The number of fused-ring (bicyclic) bond motifs is 1. The van der Waals surface area contributed by atoms with Gasteiger partial charge in [0.25, 0.3) is 0 Å². The summed E-state index contributed by atoms with van der Waals surface area (Å²) >= 11 is 0. The topological polar surface area (TPSA) is 67.2 Å². The van der Waals surface area contributed by atoms with E-state index in [-0.39, 0.29) is 5.91 Å². The van der Waals surface area contributed by atoms with Gasteiger partial charge in [-0.05, 0) is 25.5 Å². The molecular formula is C23H30N6O. The smallest absolute Gasteiger partial charge is 0.222 e. The largest absolute Gasteiger partial charge is 0.352 e. The fraction of sp³-hybridized carbons (Fsp3) is 0.478. The third kappa shape index (κ3) is 3.88. The number of carbonyl (C=O) groups is 1. The number of benzene rings is 1. The number of para-hydroxylation sites is 1. The number of anilines is 1. The van der Waals surface area contributed by atoms with Crippen molar-refractivity contribution in [2.45, 2.75) is 46.5 Å². The Bertz CT molecular complexity index is 1020. The van der Waals surface area contributed by atoms with Crippen LogP contribution in [0.1, 0.15) is 44.6 Å². The zero-order valence-electron chi connectivity index (χ0n) is 18.1. The number of hydrogen-bond acceptors (Lipinski definition) is 5. The van der Waals surface area contributed by atoms with Crippen LogP contribution < -0.4 is 4.90 Å². The second-order valence-corrected chi connectivity index (χ2v) is 7.82. The van der Waals surface area contributed by atoms with Crippen molar-refractivity contribution in [1.29, 1.82) is 0 Å². The molecule has 2 aromatic heterocycles. The van der Waals surface area contributed by atoms with Crippen LogP contribution in [-0.4, -0.2) is 56.7 Å². The minimum absolute atomic E-state index is 0.221. The Kier molecular flexibility index (Phi) is 5.97. The lowest BCUT2D eigenvalue weighted by molar-refractivity contribution is -0.131. The number of hydrogen-bond donors (Lipinski definition) is 0. The third-order valence-electron chi connectivity index (χ3n) is 5.72. The third-order valence-corrected chi connectivity index (χ3v) is 5.72. The van der Waals surface area contributed by atoms with Crippen LogP contribution in [0, 0.1) is 6.92 Å². The Hall–Kier alpha value is -2.96. The highest BCUT2D eigenvalue weighted by atomic mass is 16.2. The number of aromatic nitrogens is 4. The first-order valence-corrected chi connectivity index (χ1v) is 11.0. The van der Waals surface area contributed by atoms with Crippen molar-refractivity contribution >= 4 is 22.8 Å². The lowest BCUT2D eigenvalue weighted by Gasteiger charge is -2.35. The number of unbranched alkanes of at least 4 members (excludes halogenated alkanes) is 1. The summed E-state index contributed by atoms with van der Waals surface area (Å²) in [6.45, 7) is 9.15. The summed E-state index contributed by atoms with van der Waals surface area (Å²) in [6.07, 6.45) is 3.57. The summed E-state index contributed by atoms with van der Waals surface area (Å²) in [7, 11) is 0. The maximum Gasteiger partial charge on any atom is 0.222 e. The zero-order chi connectivity index (χ0) is 21.1. The molecule has 0 aliphatic carbocycles. The van der Waals surface area contributed by atoms with Gasteiger partial charge in [-0.2, -0.15) is 5.10 Å². The van der Waals surface area contributed by atoms with E-state index in [1.807, 2.05) is 41.6 Å². The molecule has 0 bridgehead atoms. The van der Waals surface area contributed by atoms with E-state index in [1.165, 1.54) is 0 Å². The number of amides is 1. The highest BCUT2D eigenvalue weighted by Crippen LogP contribution is 2.30. The molecule has 7 nitrogen and oxygen atoms in total. The average Bonchev–Trinajstić information content (AvgIpc) is 3.13. The van der Waals surface area contributed by atoms with Crippen molar-refractivity contribution in [3.63, 3.8) is 0 Å². The van der Waals surface area contributed by atoms with Crippen molar-refractivity contribution in [3.8, 4) is 5.69 Å². The van der Waals surface area contributed by atoms with Crippen LogP contribution in [0.15, 0.2) is 30.3 Å². The predicted octanol–water partition coefficient (Wildman–Crippen LogP) is 3.53. The molecule has 30 heavy (non-hydrogen) atoms. The van der Waals surface area contributed by atoms with Crippen LogP contribution in [0.3, 0.4) is 0 Å². The molecule has 1 fully saturated rings. The highest BCUT2D eigenvalue weighted by molar-refractivity contribution is 5.91. The number of piperazine rings is 1. The van der Waals surface area contributed by atoms with Crippen LogP contribution in [0.25, 0.3) is 16.7 Å². The number of rotatable bonds is 6. The lowest BCUT2D eigenvalue weighted by atomic mass is 10.2. The summed E-state index contributed by atoms with van der Waals surface area (Å²) in [5.41, 5.74) is 2.79. The minimum atomic E-state index is 0.221. The molecular weight excluding hydrogens is 376 g/mol. The summed E-state index contributed by atoms with van der Waals surface area (Å²) in [5, 5.41) is 5.82. The van der Waals surface area contributed by atoms with E-state index in [9.17, 15) is 4.79 Å². The quantitative estimate of drug-likeness (QED) is 0.627. The maximum atomic E-state index is 12.1. The van der Waals surface area contributed by atoms with Gasteiger partial charge in [0.05, 0.1) is 16.8 Å². The molecule has 1 amide bonds. The van der Waals surface area contributed by atoms with Crippen molar-refractivity contribution in [3.05, 3.63) is 41.9 Å². The van der Waals surface area contributed by atoms with E-state index in [2.05, 4.69) is 24.0 Å². The van der Waals surface area contributed by atoms with Gasteiger partial charge in [-0.3, -0.25) is 4.79 Å². The molecule has 0 N–H and O–H groups in total. The average molecular weight is 407 g/mol. The number of nitrogens with zero attached hydrogens (tertiary/aromatic N) is 6. The van der Waals surface area contributed by atoms with Crippen LogP contribution in [0.2, 0.25) is 0 Å². The first-order chi connectivity index (χ1) is 14.6. The normalized spacial score (nSPS) is 14.5. The van der Waals surface area contributed by atoms with Gasteiger partial charge < -0.3 is 9.80 Å². The zero-order valence-corrected chi connectivity index (χ0v) is 18.1. The molecule has 0 spiro atoms. The maximum absolute atomic E-state index is 12.1. The molecule has 0 atom stereocenters. The Morgan fingerprint density at radius 3 is 2.43 bits per heavy atom.